The van der Waals surface area contributed by atoms with Crippen molar-refractivity contribution in [3.05, 3.63) is 23.7 Å². The Morgan fingerprint density at radius 1 is 1.33 bits per heavy atom. The number of hydrogen-bond donors (Lipinski definition) is 1. The Balaban J connectivity index is 1.96. The van der Waals surface area contributed by atoms with E-state index < -0.39 is 0 Å². The van der Waals surface area contributed by atoms with Crippen LogP contribution in [0.3, 0.4) is 0 Å². The maximum atomic E-state index is 5.41. The van der Waals surface area contributed by atoms with Gasteiger partial charge in [-0.05, 0) is 57.2 Å². The molecule has 1 N–H and O–H groups in total. The van der Waals surface area contributed by atoms with Crippen molar-refractivity contribution in [2.24, 2.45) is 17.8 Å². The quantitative estimate of drug-likeness (QED) is 0.867. The SMILES string of the molecule is CCNC1CC(C)CC(C)C1CN(C)Cc1ccoc1C. The molecule has 0 aliphatic heterocycles. The van der Waals surface area contributed by atoms with Crippen molar-refractivity contribution < 1.29 is 4.42 Å². The molecule has 0 bridgehead atoms. The summed E-state index contributed by atoms with van der Waals surface area (Å²) in [5.74, 6) is 3.45. The van der Waals surface area contributed by atoms with Crippen molar-refractivity contribution in [3.8, 4) is 0 Å². The lowest BCUT2D eigenvalue weighted by Crippen LogP contribution is -2.48. The summed E-state index contributed by atoms with van der Waals surface area (Å²) in [6, 6.07) is 2.77. The fourth-order valence-electron chi connectivity index (χ4n) is 4.01. The van der Waals surface area contributed by atoms with E-state index in [0.717, 1.165) is 43.1 Å². The first-order valence-corrected chi connectivity index (χ1v) is 8.46. The topological polar surface area (TPSA) is 28.4 Å². The summed E-state index contributed by atoms with van der Waals surface area (Å²) in [7, 11) is 2.24. The molecule has 0 spiro atoms. The molecule has 1 aliphatic rings. The van der Waals surface area contributed by atoms with Crippen LogP contribution in [0.15, 0.2) is 16.7 Å². The van der Waals surface area contributed by atoms with Crippen molar-refractivity contribution in [1.82, 2.24) is 10.2 Å². The normalized spacial score (nSPS) is 30.0. The van der Waals surface area contributed by atoms with Gasteiger partial charge in [-0.3, -0.25) is 0 Å². The highest BCUT2D eigenvalue weighted by atomic mass is 16.3. The standard InChI is InChI=1S/C18H32N2O/c1-6-19-18-10-13(2)9-14(3)17(18)12-20(5)11-16-7-8-21-15(16)4/h7-8,13-14,17-19H,6,9-12H2,1-5H3. The summed E-state index contributed by atoms with van der Waals surface area (Å²) in [5.41, 5.74) is 1.31. The molecule has 0 aromatic carbocycles. The van der Waals surface area contributed by atoms with Gasteiger partial charge in [-0.1, -0.05) is 20.8 Å². The maximum absolute atomic E-state index is 5.41. The molecule has 21 heavy (non-hydrogen) atoms. The number of nitrogens with zero attached hydrogens (tertiary/aromatic N) is 1. The van der Waals surface area contributed by atoms with Gasteiger partial charge in [0, 0.05) is 24.7 Å². The zero-order valence-electron chi connectivity index (χ0n) is 14.4. The van der Waals surface area contributed by atoms with Gasteiger partial charge in [0.1, 0.15) is 5.76 Å². The molecule has 4 atom stereocenters. The Bertz CT molecular complexity index is 429. The van der Waals surface area contributed by atoms with Crippen LogP contribution in [0.1, 0.15) is 44.9 Å². The van der Waals surface area contributed by atoms with E-state index in [-0.39, 0.29) is 0 Å². The van der Waals surface area contributed by atoms with Gasteiger partial charge in [0.25, 0.3) is 0 Å². The van der Waals surface area contributed by atoms with Crippen LogP contribution in [0, 0.1) is 24.7 Å². The van der Waals surface area contributed by atoms with Crippen molar-refractivity contribution in [2.45, 2.75) is 53.1 Å². The number of nitrogens with one attached hydrogen (secondary N) is 1. The minimum Gasteiger partial charge on any atom is -0.469 e. The third kappa shape index (κ3) is 4.33. The first-order valence-electron chi connectivity index (χ1n) is 8.46. The zero-order valence-corrected chi connectivity index (χ0v) is 14.4. The second kappa shape index (κ2) is 7.46. The highest BCUT2D eigenvalue weighted by Crippen LogP contribution is 2.34. The number of aryl methyl sites for hydroxylation is 1. The molecule has 3 nitrogen and oxygen atoms in total. The highest BCUT2D eigenvalue weighted by molar-refractivity contribution is 5.15. The fraction of sp³-hybridized carbons (Fsp3) is 0.778. The molecule has 1 saturated carbocycles. The van der Waals surface area contributed by atoms with Crippen LogP contribution in [0.4, 0.5) is 0 Å². The Morgan fingerprint density at radius 2 is 2.10 bits per heavy atom. The number of furan rings is 1. The van der Waals surface area contributed by atoms with Gasteiger partial charge in [-0.25, -0.2) is 0 Å². The van der Waals surface area contributed by atoms with Gasteiger partial charge in [0.2, 0.25) is 0 Å². The lowest BCUT2D eigenvalue weighted by molar-refractivity contribution is 0.110. The minimum absolute atomic E-state index is 0.668. The van der Waals surface area contributed by atoms with Crippen molar-refractivity contribution in [2.75, 3.05) is 20.1 Å². The average Bonchev–Trinajstić information content (AvgIpc) is 2.79. The summed E-state index contributed by atoms with van der Waals surface area (Å²) >= 11 is 0. The third-order valence-electron chi connectivity index (χ3n) is 5.07. The van der Waals surface area contributed by atoms with Crippen LogP contribution >= 0.6 is 0 Å². The molecule has 1 heterocycles. The molecular weight excluding hydrogens is 260 g/mol. The molecule has 120 valence electrons. The van der Waals surface area contributed by atoms with Gasteiger partial charge in [0.15, 0.2) is 0 Å². The van der Waals surface area contributed by atoms with Gasteiger partial charge in [-0.2, -0.15) is 0 Å². The third-order valence-corrected chi connectivity index (χ3v) is 5.07. The predicted molar refractivity (Wildman–Crippen MR) is 88.3 cm³/mol. The van der Waals surface area contributed by atoms with Crippen LogP contribution in [0.5, 0.6) is 0 Å². The molecular formula is C18H32N2O. The van der Waals surface area contributed by atoms with Gasteiger partial charge >= 0.3 is 0 Å². The van der Waals surface area contributed by atoms with Crippen LogP contribution in [0.25, 0.3) is 0 Å². The minimum atomic E-state index is 0.668. The summed E-state index contributed by atoms with van der Waals surface area (Å²) in [6.45, 7) is 12.3. The van der Waals surface area contributed by atoms with E-state index in [1.165, 1.54) is 18.4 Å². The number of rotatable bonds is 6. The molecule has 1 aliphatic carbocycles. The largest absolute Gasteiger partial charge is 0.469 e. The van der Waals surface area contributed by atoms with Crippen molar-refractivity contribution in [1.29, 1.82) is 0 Å². The van der Waals surface area contributed by atoms with E-state index in [4.69, 9.17) is 4.42 Å². The van der Waals surface area contributed by atoms with Gasteiger partial charge in [0.05, 0.1) is 6.26 Å². The van der Waals surface area contributed by atoms with E-state index >= 15 is 0 Å². The smallest absolute Gasteiger partial charge is 0.105 e. The molecule has 1 fully saturated rings. The Kier molecular flexibility index (Phi) is 5.88. The zero-order chi connectivity index (χ0) is 15.4. The van der Waals surface area contributed by atoms with E-state index in [0.29, 0.717) is 6.04 Å². The Morgan fingerprint density at radius 3 is 2.71 bits per heavy atom. The van der Waals surface area contributed by atoms with Crippen LogP contribution in [0.2, 0.25) is 0 Å². The molecule has 1 aromatic heterocycles. The second-order valence-corrected chi connectivity index (χ2v) is 7.08. The van der Waals surface area contributed by atoms with Crippen LogP contribution < -0.4 is 5.32 Å². The summed E-state index contributed by atoms with van der Waals surface area (Å²) < 4.78 is 5.41. The van der Waals surface area contributed by atoms with Crippen LogP contribution in [-0.2, 0) is 6.54 Å². The molecule has 3 heteroatoms. The predicted octanol–water partition coefficient (Wildman–Crippen LogP) is 3.68. The van der Waals surface area contributed by atoms with E-state index in [1.807, 2.05) is 0 Å². The summed E-state index contributed by atoms with van der Waals surface area (Å²) in [5, 5.41) is 3.73. The lowest BCUT2D eigenvalue weighted by Gasteiger charge is -2.42. The van der Waals surface area contributed by atoms with Crippen molar-refractivity contribution in [3.63, 3.8) is 0 Å². The average molecular weight is 292 g/mol. The Hall–Kier alpha value is -0.800. The Labute approximate surface area is 130 Å². The molecule has 0 radical (unpaired) electrons. The maximum Gasteiger partial charge on any atom is 0.105 e. The molecule has 0 saturated heterocycles. The summed E-state index contributed by atoms with van der Waals surface area (Å²) in [4.78, 5) is 2.46. The van der Waals surface area contributed by atoms with E-state index in [9.17, 15) is 0 Å². The molecule has 2 rings (SSSR count). The van der Waals surface area contributed by atoms with Gasteiger partial charge in [-0.15, -0.1) is 0 Å². The number of hydrogen-bond acceptors (Lipinski definition) is 3. The van der Waals surface area contributed by atoms with Crippen LogP contribution in [-0.4, -0.2) is 31.1 Å². The molecule has 1 aromatic rings. The monoisotopic (exact) mass is 292 g/mol. The van der Waals surface area contributed by atoms with E-state index in [1.54, 1.807) is 6.26 Å². The van der Waals surface area contributed by atoms with Crippen molar-refractivity contribution >= 4 is 0 Å². The van der Waals surface area contributed by atoms with Gasteiger partial charge < -0.3 is 14.6 Å². The molecule has 4 unspecified atom stereocenters. The van der Waals surface area contributed by atoms with E-state index in [2.05, 4.69) is 51.0 Å². The highest BCUT2D eigenvalue weighted by Gasteiger charge is 2.34. The lowest BCUT2D eigenvalue weighted by atomic mass is 9.72. The first kappa shape index (κ1) is 16.6. The summed E-state index contributed by atoms with van der Waals surface area (Å²) in [6.07, 6.45) is 4.48. The molecule has 0 amide bonds. The second-order valence-electron chi connectivity index (χ2n) is 7.08. The first-order chi connectivity index (χ1) is 10.0. The fourth-order valence-corrected chi connectivity index (χ4v) is 4.01.